The second-order valence-electron chi connectivity index (χ2n) is 16.6. The van der Waals surface area contributed by atoms with Crippen LogP contribution in [-0.2, 0) is 0 Å². The maximum absolute atomic E-state index is 6.72. The zero-order chi connectivity index (χ0) is 43.8. The van der Waals surface area contributed by atoms with Gasteiger partial charge in [-0.25, -0.2) is 9.97 Å². The van der Waals surface area contributed by atoms with E-state index in [1.54, 1.807) is 0 Å². The fraction of sp³-hybridized carbons (Fsp3) is 0. The number of hydrogen-bond donors (Lipinski definition) is 0. The number of benzene rings is 10. The van der Waals surface area contributed by atoms with Gasteiger partial charge >= 0.3 is 0 Å². The molecule has 0 amide bonds. The molecule has 10 aromatic carbocycles. The van der Waals surface area contributed by atoms with Crippen molar-refractivity contribution >= 4 is 49.8 Å². The summed E-state index contributed by atoms with van der Waals surface area (Å²) in [6.07, 6.45) is 0. The third-order valence-electron chi connectivity index (χ3n) is 12.5. The average molecular weight is 844 g/mol. The first-order valence-corrected chi connectivity index (χ1v) is 22.3. The van der Waals surface area contributed by atoms with Crippen molar-refractivity contribution in [3.05, 3.63) is 249 Å². The minimum Gasteiger partial charge on any atom is -0.456 e. The van der Waals surface area contributed by atoms with Crippen LogP contribution in [0.3, 0.4) is 0 Å². The van der Waals surface area contributed by atoms with Gasteiger partial charge in [0.1, 0.15) is 11.2 Å². The SMILES string of the molecule is c1ccc(-c2ccc(N(c3ccc(-c4ccccc4)cc3)c3ccc4c(c3)oc3cccc(-c5ccc(-c6nc(-c7ccccc7)cc(-c7cccc8ccccc78)n6)cc5)c34)cc2)cc1. The minimum atomic E-state index is 0.680. The first-order chi connectivity index (χ1) is 32.7. The molecule has 2 aromatic heterocycles. The summed E-state index contributed by atoms with van der Waals surface area (Å²) in [5, 5.41) is 4.48. The Labute approximate surface area is 383 Å². The second kappa shape index (κ2) is 16.7. The summed E-state index contributed by atoms with van der Waals surface area (Å²) in [6.45, 7) is 0. The molecular formula is C62H41N3O. The Morgan fingerprint density at radius 2 is 0.803 bits per heavy atom. The lowest BCUT2D eigenvalue weighted by atomic mass is 9.98. The van der Waals surface area contributed by atoms with Crippen LogP contribution in [-0.4, -0.2) is 9.97 Å². The highest BCUT2D eigenvalue weighted by molar-refractivity contribution is 6.13. The molecule has 12 rings (SSSR count). The number of anilines is 3. The molecule has 310 valence electrons. The predicted octanol–water partition coefficient (Wildman–Crippen LogP) is 17.0. The van der Waals surface area contributed by atoms with Gasteiger partial charge in [0.25, 0.3) is 0 Å². The highest BCUT2D eigenvalue weighted by Gasteiger charge is 2.19. The van der Waals surface area contributed by atoms with E-state index in [9.17, 15) is 0 Å². The summed E-state index contributed by atoms with van der Waals surface area (Å²) in [5.74, 6) is 0.680. The predicted molar refractivity (Wildman–Crippen MR) is 274 cm³/mol. The quantitative estimate of drug-likeness (QED) is 0.145. The number of furan rings is 1. The molecule has 4 heteroatoms. The normalized spacial score (nSPS) is 11.3. The van der Waals surface area contributed by atoms with Crippen molar-refractivity contribution in [1.29, 1.82) is 0 Å². The molecule has 0 atom stereocenters. The molecule has 0 unspecified atom stereocenters. The van der Waals surface area contributed by atoms with Crippen LogP contribution in [0.4, 0.5) is 17.1 Å². The van der Waals surface area contributed by atoms with Gasteiger partial charge in [-0.05, 0) is 92.7 Å². The fourth-order valence-electron chi connectivity index (χ4n) is 9.23. The maximum Gasteiger partial charge on any atom is 0.160 e. The molecule has 4 nitrogen and oxygen atoms in total. The topological polar surface area (TPSA) is 42.2 Å². The smallest absolute Gasteiger partial charge is 0.160 e. The molecule has 0 aliphatic heterocycles. The molecule has 0 fully saturated rings. The number of aromatic nitrogens is 2. The Kier molecular flexibility index (Phi) is 9.81. The molecule has 0 aliphatic rings. The van der Waals surface area contributed by atoms with Crippen LogP contribution in [0.5, 0.6) is 0 Å². The zero-order valence-corrected chi connectivity index (χ0v) is 35.9. The number of nitrogens with zero attached hydrogens (tertiary/aromatic N) is 3. The van der Waals surface area contributed by atoms with Gasteiger partial charge in [-0.2, -0.15) is 0 Å². The largest absolute Gasteiger partial charge is 0.456 e. The Bertz CT molecular complexity index is 3570. The van der Waals surface area contributed by atoms with E-state index in [0.29, 0.717) is 5.82 Å². The molecular weight excluding hydrogens is 803 g/mol. The Morgan fingerprint density at radius 3 is 1.47 bits per heavy atom. The van der Waals surface area contributed by atoms with Gasteiger partial charge in [-0.15, -0.1) is 0 Å². The molecule has 0 N–H and O–H groups in total. The van der Waals surface area contributed by atoms with E-state index in [2.05, 4.69) is 248 Å². The lowest BCUT2D eigenvalue weighted by Crippen LogP contribution is -2.09. The van der Waals surface area contributed by atoms with Crippen LogP contribution in [0.15, 0.2) is 253 Å². The van der Waals surface area contributed by atoms with Gasteiger partial charge in [0.15, 0.2) is 5.82 Å². The summed E-state index contributed by atoms with van der Waals surface area (Å²) in [4.78, 5) is 12.6. The zero-order valence-electron chi connectivity index (χ0n) is 35.9. The van der Waals surface area contributed by atoms with Crippen molar-refractivity contribution in [1.82, 2.24) is 9.97 Å². The highest BCUT2D eigenvalue weighted by Crippen LogP contribution is 2.42. The first-order valence-electron chi connectivity index (χ1n) is 22.3. The summed E-state index contributed by atoms with van der Waals surface area (Å²) in [7, 11) is 0. The summed E-state index contributed by atoms with van der Waals surface area (Å²) >= 11 is 0. The standard InChI is InChI=1S/C62H41N3O/c1-4-14-42(15-5-1)44-30-34-50(35-31-44)65(51-36-32-45(33-37-51)43-16-6-2-7-17-43)52-38-39-56-60(40-52)66-59-25-13-23-54(61(56)59)47-26-28-49(29-27-47)62-63-57(48-19-8-3-9-20-48)41-58(64-62)55-24-12-21-46-18-10-11-22-53(46)55/h1-41H. The van der Waals surface area contributed by atoms with Crippen LogP contribution in [0.1, 0.15) is 0 Å². The molecule has 0 bridgehead atoms. The van der Waals surface area contributed by atoms with E-state index >= 15 is 0 Å². The van der Waals surface area contributed by atoms with E-state index in [1.165, 1.54) is 27.6 Å². The Morgan fingerprint density at radius 1 is 0.303 bits per heavy atom. The molecule has 0 saturated heterocycles. The summed E-state index contributed by atoms with van der Waals surface area (Å²) in [6, 6.07) is 87.4. The maximum atomic E-state index is 6.72. The fourth-order valence-corrected chi connectivity index (χ4v) is 9.23. The monoisotopic (exact) mass is 843 g/mol. The van der Waals surface area contributed by atoms with Crippen LogP contribution < -0.4 is 4.90 Å². The van der Waals surface area contributed by atoms with E-state index in [4.69, 9.17) is 14.4 Å². The van der Waals surface area contributed by atoms with Gasteiger partial charge in [0, 0.05) is 50.6 Å². The molecule has 0 aliphatic carbocycles. The van der Waals surface area contributed by atoms with E-state index in [-0.39, 0.29) is 0 Å². The third kappa shape index (κ3) is 7.27. The lowest BCUT2D eigenvalue weighted by Gasteiger charge is -2.26. The molecule has 0 radical (unpaired) electrons. The molecule has 66 heavy (non-hydrogen) atoms. The van der Waals surface area contributed by atoms with Gasteiger partial charge < -0.3 is 9.32 Å². The van der Waals surface area contributed by atoms with E-state index < -0.39 is 0 Å². The van der Waals surface area contributed by atoms with Gasteiger partial charge in [-0.1, -0.05) is 194 Å². The van der Waals surface area contributed by atoms with Gasteiger partial charge in [0.2, 0.25) is 0 Å². The first kappa shape index (κ1) is 38.8. The average Bonchev–Trinajstić information content (AvgIpc) is 3.78. The van der Waals surface area contributed by atoms with Crippen molar-refractivity contribution in [2.24, 2.45) is 0 Å². The number of rotatable bonds is 9. The van der Waals surface area contributed by atoms with Crippen LogP contribution >= 0.6 is 0 Å². The molecule has 0 saturated carbocycles. The van der Waals surface area contributed by atoms with Crippen molar-refractivity contribution in [2.45, 2.75) is 0 Å². The summed E-state index contributed by atoms with van der Waals surface area (Å²) in [5.41, 5.74) is 16.5. The third-order valence-corrected chi connectivity index (χ3v) is 12.5. The highest BCUT2D eigenvalue weighted by atomic mass is 16.3. The van der Waals surface area contributed by atoms with Gasteiger partial charge in [0.05, 0.1) is 11.4 Å². The second-order valence-corrected chi connectivity index (χ2v) is 16.6. The van der Waals surface area contributed by atoms with Crippen LogP contribution in [0.25, 0.3) is 100.0 Å². The molecule has 0 spiro atoms. The number of fused-ring (bicyclic) bond motifs is 4. The Hall–Kier alpha value is -8.86. The summed E-state index contributed by atoms with van der Waals surface area (Å²) < 4.78 is 6.72. The number of hydrogen-bond acceptors (Lipinski definition) is 4. The van der Waals surface area contributed by atoms with Crippen molar-refractivity contribution in [2.75, 3.05) is 4.90 Å². The molecule has 2 heterocycles. The van der Waals surface area contributed by atoms with Crippen molar-refractivity contribution in [3.63, 3.8) is 0 Å². The lowest BCUT2D eigenvalue weighted by molar-refractivity contribution is 0.669. The van der Waals surface area contributed by atoms with Crippen LogP contribution in [0, 0.1) is 0 Å². The Balaban J connectivity index is 0.920. The van der Waals surface area contributed by atoms with Crippen LogP contribution in [0.2, 0.25) is 0 Å². The van der Waals surface area contributed by atoms with Crippen molar-refractivity contribution in [3.8, 4) is 67.3 Å². The van der Waals surface area contributed by atoms with Gasteiger partial charge in [-0.3, -0.25) is 0 Å². The van der Waals surface area contributed by atoms with Crippen molar-refractivity contribution < 1.29 is 4.42 Å². The van der Waals surface area contributed by atoms with E-state index in [0.717, 1.165) is 83.6 Å². The minimum absolute atomic E-state index is 0.680. The van der Waals surface area contributed by atoms with E-state index in [1.807, 2.05) is 6.07 Å². The molecule has 12 aromatic rings.